The number of rotatable bonds is 5. The molecule has 0 bridgehead atoms. The summed E-state index contributed by atoms with van der Waals surface area (Å²) in [6.07, 6.45) is 1.90. The lowest BCUT2D eigenvalue weighted by Gasteiger charge is -2.34. The number of hydrogen-bond donors (Lipinski definition) is 1. The van der Waals surface area contributed by atoms with Gasteiger partial charge in [0.15, 0.2) is 5.76 Å². The van der Waals surface area contributed by atoms with Gasteiger partial charge in [0.2, 0.25) is 5.91 Å². The van der Waals surface area contributed by atoms with Gasteiger partial charge in [-0.1, -0.05) is 11.6 Å². The lowest BCUT2D eigenvalue weighted by atomic mass is 10.2. The molecular weight excluding hydrogens is 342 g/mol. The van der Waals surface area contributed by atoms with Gasteiger partial charge in [0.1, 0.15) is 0 Å². The van der Waals surface area contributed by atoms with E-state index in [0.29, 0.717) is 49.9 Å². The number of nitrogens with one attached hydrogen (secondary N) is 1. The molecule has 0 spiro atoms. The minimum Gasteiger partial charge on any atom is -0.459 e. The predicted octanol–water partition coefficient (Wildman–Crippen LogP) is 2.72. The molecule has 1 aliphatic rings. The smallest absolute Gasteiger partial charge is 0.289 e. The summed E-state index contributed by atoms with van der Waals surface area (Å²) >= 11 is 5.84. The van der Waals surface area contributed by atoms with Crippen molar-refractivity contribution in [3.05, 3.63) is 53.4 Å². The number of carbonyl (C=O) groups is 2. The number of halogens is 1. The first-order valence-electron chi connectivity index (χ1n) is 8.23. The molecule has 6 nitrogen and oxygen atoms in total. The largest absolute Gasteiger partial charge is 0.459 e. The van der Waals surface area contributed by atoms with Crippen molar-refractivity contribution in [1.29, 1.82) is 0 Å². The van der Waals surface area contributed by atoms with E-state index in [1.807, 2.05) is 12.1 Å². The second kappa shape index (κ2) is 8.07. The second-order valence-corrected chi connectivity index (χ2v) is 6.27. The third-order valence-electron chi connectivity index (χ3n) is 4.16. The summed E-state index contributed by atoms with van der Waals surface area (Å²) in [4.78, 5) is 28.0. The van der Waals surface area contributed by atoms with Crippen LogP contribution in [0.2, 0.25) is 5.02 Å². The summed E-state index contributed by atoms with van der Waals surface area (Å²) in [6.45, 7) is 2.70. The Morgan fingerprint density at radius 2 is 1.72 bits per heavy atom. The van der Waals surface area contributed by atoms with Crippen molar-refractivity contribution in [2.24, 2.45) is 0 Å². The van der Waals surface area contributed by atoms with Gasteiger partial charge in [-0.2, -0.15) is 0 Å². The van der Waals surface area contributed by atoms with Crippen molar-refractivity contribution in [1.82, 2.24) is 9.80 Å². The van der Waals surface area contributed by atoms with Gasteiger partial charge in [0, 0.05) is 49.9 Å². The number of carbonyl (C=O) groups excluding carboxylic acids is 2. The van der Waals surface area contributed by atoms with Crippen molar-refractivity contribution >= 4 is 29.1 Å². The third kappa shape index (κ3) is 4.54. The van der Waals surface area contributed by atoms with Gasteiger partial charge in [0.25, 0.3) is 5.91 Å². The first-order chi connectivity index (χ1) is 12.1. The van der Waals surface area contributed by atoms with E-state index < -0.39 is 0 Å². The van der Waals surface area contributed by atoms with E-state index in [2.05, 4.69) is 5.32 Å². The quantitative estimate of drug-likeness (QED) is 0.889. The van der Waals surface area contributed by atoms with E-state index in [1.165, 1.54) is 6.26 Å². The molecule has 1 fully saturated rings. The van der Waals surface area contributed by atoms with E-state index in [1.54, 1.807) is 34.1 Å². The van der Waals surface area contributed by atoms with E-state index in [0.717, 1.165) is 5.69 Å². The van der Waals surface area contributed by atoms with Crippen LogP contribution in [0.15, 0.2) is 47.1 Å². The number of anilines is 1. The van der Waals surface area contributed by atoms with Gasteiger partial charge >= 0.3 is 0 Å². The predicted molar refractivity (Wildman–Crippen MR) is 95.8 cm³/mol. The molecule has 0 radical (unpaired) electrons. The molecule has 0 atom stereocenters. The van der Waals surface area contributed by atoms with Crippen LogP contribution >= 0.6 is 11.6 Å². The molecule has 2 aromatic rings. The number of piperazine rings is 1. The Hall–Kier alpha value is -2.47. The van der Waals surface area contributed by atoms with Crippen LogP contribution in [0.25, 0.3) is 0 Å². The molecule has 2 amide bonds. The molecule has 1 saturated heterocycles. The van der Waals surface area contributed by atoms with Crippen LogP contribution in [-0.4, -0.2) is 54.3 Å². The monoisotopic (exact) mass is 361 g/mol. The van der Waals surface area contributed by atoms with Crippen molar-refractivity contribution < 1.29 is 14.0 Å². The van der Waals surface area contributed by atoms with Gasteiger partial charge in [-0.25, -0.2) is 0 Å². The highest BCUT2D eigenvalue weighted by Crippen LogP contribution is 2.14. The molecule has 1 aliphatic heterocycles. The van der Waals surface area contributed by atoms with E-state index in [9.17, 15) is 9.59 Å². The first-order valence-corrected chi connectivity index (χ1v) is 8.61. The van der Waals surface area contributed by atoms with Crippen molar-refractivity contribution in [2.75, 3.05) is 38.0 Å². The Kier molecular flexibility index (Phi) is 5.60. The van der Waals surface area contributed by atoms with Crippen molar-refractivity contribution in [3.8, 4) is 0 Å². The number of amides is 2. The number of hydrogen-bond acceptors (Lipinski definition) is 4. The molecule has 1 aromatic carbocycles. The molecular formula is C18H20ClN3O3. The molecule has 2 heterocycles. The normalized spacial score (nSPS) is 14.4. The summed E-state index contributed by atoms with van der Waals surface area (Å²) in [5.74, 6) is 0.306. The maximum Gasteiger partial charge on any atom is 0.289 e. The van der Waals surface area contributed by atoms with Gasteiger partial charge in [-0.15, -0.1) is 0 Å². The zero-order chi connectivity index (χ0) is 17.6. The summed E-state index contributed by atoms with van der Waals surface area (Å²) in [5.41, 5.74) is 0.936. The lowest BCUT2D eigenvalue weighted by Crippen LogP contribution is -2.50. The maximum atomic E-state index is 12.3. The van der Waals surface area contributed by atoms with E-state index in [4.69, 9.17) is 16.0 Å². The van der Waals surface area contributed by atoms with Gasteiger partial charge in [-0.3, -0.25) is 9.59 Å². The average molecular weight is 362 g/mol. The minimum absolute atomic E-state index is 0.0894. The first kappa shape index (κ1) is 17.4. The topological polar surface area (TPSA) is 65.8 Å². The molecule has 0 saturated carbocycles. The highest BCUT2D eigenvalue weighted by Gasteiger charge is 2.25. The maximum absolute atomic E-state index is 12.3. The fourth-order valence-electron chi connectivity index (χ4n) is 2.75. The molecule has 1 aromatic heterocycles. The molecule has 25 heavy (non-hydrogen) atoms. The Morgan fingerprint density at radius 1 is 1.04 bits per heavy atom. The third-order valence-corrected chi connectivity index (χ3v) is 4.42. The average Bonchev–Trinajstić information content (AvgIpc) is 3.17. The number of furan rings is 1. The molecule has 132 valence electrons. The summed E-state index contributed by atoms with van der Waals surface area (Å²) in [5, 5.41) is 3.89. The molecule has 0 unspecified atom stereocenters. The molecule has 0 aliphatic carbocycles. The van der Waals surface area contributed by atoms with Crippen LogP contribution in [0.5, 0.6) is 0 Å². The standard InChI is InChI=1S/C18H20ClN3O3/c19-14-3-5-15(6-4-14)20-8-7-17(23)21-9-11-22(12-10-21)18(24)16-2-1-13-25-16/h1-6,13,20H,7-12H2. The van der Waals surface area contributed by atoms with Crippen LogP contribution in [-0.2, 0) is 4.79 Å². The summed E-state index contributed by atoms with van der Waals surface area (Å²) in [6, 6.07) is 10.7. The van der Waals surface area contributed by atoms with Gasteiger partial charge in [-0.05, 0) is 36.4 Å². The lowest BCUT2D eigenvalue weighted by molar-refractivity contribution is -0.132. The Morgan fingerprint density at radius 3 is 2.36 bits per heavy atom. The van der Waals surface area contributed by atoms with Crippen LogP contribution in [0.1, 0.15) is 17.0 Å². The fourth-order valence-corrected chi connectivity index (χ4v) is 2.88. The van der Waals surface area contributed by atoms with Crippen LogP contribution < -0.4 is 5.32 Å². The Balaban J connectivity index is 1.41. The molecule has 7 heteroatoms. The van der Waals surface area contributed by atoms with Crippen LogP contribution in [0.4, 0.5) is 5.69 Å². The van der Waals surface area contributed by atoms with Crippen LogP contribution in [0, 0.1) is 0 Å². The van der Waals surface area contributed by atoms with Crippen molar-refractivity contribution in [3.63, 3.8) is 0 Å². The van der Waals surface area contributed by atoms with Crippen LogP contribution in [0.3, 0.4) is 0 Å². The zero-order valence-corrected chi connectivity index (χ0v) is 14.5. The highest BCUT2D eigenvalue weighted by molar-refractivity contribution is 6.30. The Labute approximate surface area is 151 Å². The minimum atomic E-state index is -0.124. The summed E-state index contributed by atoms with van der Waals surface area (Å²) < 4.78 is 5.14. The van der Waals surface area contributed by atoms with Gasteiger partial charge < -0.3 is 19.5 Å². The molecule has 1 N–H and O–H groups in total. The van der Waals surface area contributed by atoms with E-state index >= 15 is 0 Å². The second-order valence-electron chi connectivity index (χ2n) is 5.83. The summed E-state index contributed by atoms with van der Waals surface area (Å²) in [7, 11) is 0. The van der Waals surface area contributed by atoms with Crippen molar-refractivity contribution in [2.45, 2.75) is 6.42 Å². The highest BCUT2D eigenvalue weighted by atomic mass is 35.5. The number of benzene rings is 1. The fraction of sp³-hybridized carbons (Fsp3) is 0.333. The Bertz CT molecular complexity index is 708. The SMILES string of the molecule is O=C(CCNc1ccc(Cl)cc1)N1CCN(C(=O)c2ccco2)CC1. The zero-order valence-electron chi connectivity index (χ0n) is 13.8. The van der Waals surface area contributed by atoms with Gasteiger partial charge in [0.05, 0.1) is 6.26 Å². The van der Waals surface area contributed by atoms with E-state index in [-0.39, 0.29) is 11.8 Å². The number of nitrogens with zero attached hydrogens (tertiary/aromatic N) is 2. The molecule has 3 rings (SSSR count).